The average molecular weight is 359 g/mol. The zero-order valence-electron chi connectivity index (χ0n) is 13.6. The summed E-state index contributed by atoms with van der Waals surface area (Å²) in [5.74, 6) is 0.0659. The summed E-state index contributed by atoms with van der Waals surface area (Å²) in [7, 11) is -1.15. The first-order chi connectivity index (χ1) is 12.0. The minimum absolute atomic E-state index is 0.0315. The SMILES string of the molecule is [C-]#[N+]c1nnc(Oc2cc(C)c3c(c2)B(O)OC3CC(=O)OCC)s1. The fraction of sp³-hybridized carbons (Fsp3) is 0.333. The highest BCUT2D eigenvalue weighted by Crippen LogP contribution is 2.34. The highest BCUT2D eigenvalue weighted by Gasteiger charge is 2.38. The van der Waals surface area contributed by atoms with Gasteiger partial charge in [-0.25, -0.2) is 0 Å². The molecule has 8 nitrogen and oxygen atoms in total. The Balaban J connectivity index is 1.84. The summed E-state index contributed by atoms with van der Waals surface area (Å²) >= 11 is 1.03. The van der Waals surface area contributed by atoms with Crippen molar-refractivity contribution < 1.29 is 23.9 Å². The maximum Gasteiger partial charge on any atom is 0.492 e. The van der Waals surface area contributed by atoms with E-state index in [0.29, 0.717) is 17.8 Å². The van der Waals surface area contributed by atoms with E-state index in [-0.39, 0.29) is 22.7 Å². The molecular formula is C15H14BN3O5S. The number of esters is 1. The summed E-state index contributed by atoms with van der Waals surface area (Å²) in [6, 6.07) is 3.40. The average Bonchev–Trinajstić information content (AvgIpc) is 3.13. The smallest absolute Gasteiger partial charge is 0.466 e. The van der Waals surface area contributed by atoms with Gasteiger partial charge in [-0.15, -0.1) is 0 Å². The molecule has 1 aromatic carbocycles. The molecule has 1 aliphatic heterocycles. The third kappa shape index (κ3) is 3.63. The van der Waals surface area contributed by atoms with Gasteiger partial charge in [-0.2, -0.15) is 0 Å². The molecule has 1 atom stereocenters. The van der Waals surface area contributed by atoms with Gasteiger partial charge in [-0.05, 0) is 47.7 Å². The Morgan fingerprint density at radius 3 is 3.00 bits per heavy atom. The lowest BCUT2D eigenvalue weighted by Crippen LogP contribution is -2.28. The lowest BCUT2D eigenvalue weighted by atomic mass is 9.77. The predicted octanol–water partition coefficient (Wildman–Crippen LogP) is 1.90. The quantitative estimate of drug-likeness (QED) is 0.495. The van der Waals surface area contributed by atoms with E-state index in [1.54, 1.807) is 19.1 Å². The molecule has 1 N–H and O–H groups in total. The molecule has 128 valence electrons. The van der Waals surface area contributed by atoms with Crippen LogP contribution in [0.4, 0.5) is 5.13 Å². The lowest BCUT2D eigenvalue weighted by molar-refractivity contribution is -0.145. The topological polar surface area (TPSA) is 95.1 Å². The van der Waals surface area contributed by atoms with Crippen LogP contribution in [0.15, 0.2) is 12.1 Å². The molecule has 10 heteroatoms. The van der Waals surface area contributed by atoms with Gasteiger partial charge >= 0.3 is 23.4 Å². The van der Waals surface area contributed by atoms with E-state index in [0.717, 1.165) is 22.5 Å². The monoisotopic (exact) mass is 359 g/mol. The van der Waals surface area contributed by atoms with Gasteiger partial charge in [0.25, 0.3) is 0 Å². The Labute approximate surface area is 148 Å². The van der Waals surface area contributed by atoms with Crippen molar-refractivity contribution in [2.75, 3.05) is 6.61 Å². The summed E-state index contributed by atoms with van der Waals surface area (Å²) in [6.07, 6.45) is -0.530. The fourth-order valence-electron chi connectivity index (χ4n) is 2.70. The van der Waals surface area contributed by atoms with Gasteiger partial charge in [-0.1, -0.05) is 17.9 Å². The number of hydrogen-bond donors (Lipinski definition) is 1. The molecule has 0 saturated heterocycles. The first kappa shape index (κ1) is 17.4. The number of carbonyl (C=O) groups is 1. The minimum atomic E-state index is -1.15. The van der Waals surface area contributed by atoms with Gasteiger partial charge in [0.05, 0.1) is 19.1 Å². The Morgan fingerprint density at radius 2 is 2.32 bits per heavy atom. The molecule has 0 spiro atoms. The van der Waals surface area contributed by atoms with Crippen LogP contribution in [0.3, 0.4) is 0 Å². The molecule has 2 aromatic rings. The van der Waals surface area contributed by atoms with Crippen LogP contribution in [0.1, 0.15) is 30.6 Å². The number of aryl methyl sites for hydroxylation is 1. The molecule has 25 heavy (non-hydrogen) atoms. The second-order valence-electron chi connectivity index (χ2n) is 5.29. The number of hydrogen-bond acceptors (Lipinski definition) is 8. The van der Waals surface area contributed by atoms with Crippen LogP contribution >= 0.6 is 11.3 Å². The largest absolute Gasteiger partial charge is 0.492 e. The molecular weight excluding hydrogens is 345 g/mol. The van der Waals surface area contributed by atoms with Gasteiger partial charge in [0.1, 0.15) is 5.75 Å². The second kappa shape index (κ2) is 7.19. The Morgan fingerprint density at radius 1 is 1.52 bits per heavy atom. The number of fused-ring (bicyclic) bond motifs is 1. The Hall–Kier alpha value is -2.48. The van der Waals surface area contributed by atoms with Gasteiger partial charge in [-0.3, -0.25) is 4.79 Å². The lowest BCUT2D eigenvalue weighted by Gasteiger charge is -2.14. The number of nitrogens with zero attached hydrogens (tertiary/aromatic N) is 3. The van der Waals surface area contributed by atoms with Gasteiger partial charge in [0.2, 0.25) is 0 Å². The number of rotatable bonds is 5. The molecule has 1 aliphatic rings. The van der Waals surface area contributed by atoms with Crippen LogP contribution in [-0.2, 0) is 14.2 Å². The van der Waals surface area contributed by atoms with Crippen LogP contribution in [-0.4, -0.2) is 34.9 Å². The molecule has 0 bridgehead atoms. The third-order valence-corrected chi connectivity index (χ3v) is 4.32. The molecule has 0 saturated carbocycles. The van der Waals surface area contributed by atoms with Crippen LogP contribution in [0, 0.1) is 13.5 Å². The van der Waals surface area contributed by atoms with Crippen molar-refractivity contribution in [1.29, 1.82) is 0 Å². The Kier molecular flexibility index (Phi) is 4.99. The van der Waals surface area contributed by atoms with E-state index in [1.807, 2.05) is 6.92 Å². The molecule has 1 unspecified atom stereocenters. The van der Waals surface area contributed by atoms with Crippen molar-refractivity contribution >= 4 is 35.0 Å². The first-order valence-corrected chi connectivity index (χ1v) is 8.35. The predicted molar refractivity (Wildman–Crippen MR) is 90.1 cm³/mol. The van der Waals surface area contributed by atoms with Crippen molar-refractivity contribution in [2.45, 2.75) is 26.4 Å². The number of benzene rings is 1. The van der Waals surface area contributed by atoms with Gasteiger partial charge < -0.3 is 24.0 Å². The van der Waals surface area contributed by atoms with Crippen molar-refractivity contribution in [3.05, 3.63) is 34.7 Å². The maximum absolute atomic E-state index is 11.7. The van der Waals surface area contributed by atoms with Crippen LogP contribution < -0.4 is 10.2 Å². The second-order valence-corrected chi connectivity index (χ2v) is 6.21. The number of ether oxygens (including phenoxy) is 2. The van der Waals surface area contributed by atoms with E-state index in [2.05, 4.69) is 15.0 Å². The highest BCUT2D eigenvalue weighted by molar-refractivity contribution is 7.17. The van der Waals surface area contributed by atoms with Crippen molar-refractivity contribution in [1.82, 2.24) is 10.2 Å². The molecule has 0 fully saturated rings. The molecule has 2 heterocycles. The van der Waals surface area contributed by atoms with E-state index in [1.165, 1.54) is 0 Å². The van der Waals surface area contributed by atoms with Gasteiger partial charge in [0, 0.05) is 5.10 Å². The number of carbonyl (C=O) groups excluding carboxylic acids is 1. The summed E-state index contributed by atoms with van der Waals surface area (Å²) < 4.78 is 16.1. The normalized spacial score (nSPS) is 15.6. The van der Waals surface area contributed by atoms with Crippen LogP contribution in [0.5, 0.6) is 10.9 Å². The van der Waals surface area contributed by atoms with E-state index < -0.39 is 13.2 Å². The molecule has 0 amide bonds. The molecule has 1 aromatic heterocycles. The molecule has 0 aliphatic carbocycles. The van der Waals surface area contributed by atoms with Crippen LogP contribution in [0.25, 0.3) is 4.85 Å². The summed E-state index contributed by atoms with van der Waals surface area (Å²) in [5, 5.41) is 18.0. The van der Waals surface area contributed by atoms with E-state index >= 15 is 0 Å². The fourth-order valence-corrected chi connectivity index (χ4v) is 3.21. The Bertz CT molecular complexity index is 850. The van der Waals surface area contributed by atoms with Crippen molar-refractivity contribution in [2.24, 2.45) is 0 Å². The molecule has 0 radical (unpaired) electrons. The first-order valence-electron chi connectivity index (χ1n) is 7.54. The van der Waals surface area contributed by atoms with Crippen molar-refractivity contribution in [3.63, 3.8) is 0 Å². The highest BCUT2D eigenvalue weighted by atomic mass is 32.1. The standard InChI is InChI=1S/C15H14BN3O5S/c1-4-22-12(20)7-11-13-8(2)5-9(6-10(13)16(21)24-11)23-15-19-18-14(17-3)25-15/h5-6,11,21H,4,7H2,1-2H3. The summed E-state index contributed by atoms with van der Waals surface area (Å²) in [5.41, 5.74) is 2.11. The van der Waals surface area contributed by atoms with E-state index in [4.69, 9.17) is 20.7 Å². The zero-order valence-corrected chi connectivity index (χ0v) is 14.4. The zero-order chi connectivity index (χ0) is 18.0. The summed E-state index contributed by atoms with van der Waals surface area (Å²) in [4.78, 5) is 14.9. The van der Waals surface area contributed by atoms with Crippen LogP contribution in [0.2, 0.25) is 0 Å². The third-order valence-electron chi connectivity index (χ3n) is 3.63. The van der Waals surface area contributed by atoms with Crippen molar-refractivity contribution in [3.8, 4) is 10.9 Å². The van der Waals surface area contributed by atoms with E-state index in [9.17, 15) is 9.82 Å². The van der Waals surface area contributed by atoms with Gasteiger partial charge in [0.15, 0.2) is 0 Å². The maximum atomic E-state index is 11.7. The molecule has 3 rings (SSSR count). The summed E-state index contributed by atoms with van der Waals surface area (Å²) in [6.45, 7) is 10.8. The minimum Gasteiger partial charge on any atom is -0.466 e. The number of aromatic nitrogens is 2.